The van der Waals surface area contributed by atoms with E-state index < -0.39 is 0 Å². The lowest BCUT2D eigenvalue weighted by Crippen LogP contribution is -2.01. The zero-order chi connectivity index (χ0) is 13.2. The molecule has 0 aliphatic heterocycles. The maximum Gasteiger partial charge on any atom is 0.00877 e. The van der Waals surface area contributed by atoms with Crippen LogP contribution in [0.1, 0.15) is 29.0 Å². The van der Waals surface area contributed by atoms with E-state index in [1.165, 1.54) is 22.3 Å². The molecule has 0 spiro atoms. The molecule has 2 N–H and O–H groups in total. The van der Waals surface area contributed by atoms with Gasteiger partial charge in [0.2, 0.25) is 0 Å². The fraction of sp³-hybridized carbons (Fsp3) is 0.111. The molecule has 2 aromatic rings. The Hall–Kier alpha value is -2.28. The van der Waals surface area contributed by atoms with Gasteiger partial charge in [0.25, 0.3) is 0 Å². The van der Waals surface area contributed by atoms with Gasteiger partial charge in [-0.15, -0.1) is 0 Å². The van der Waals surface area contributed by atoms with Crippen molar-refractivity contribution in [3.8, 4) is 0 Å². The predicted molar refractivity (Wildman–Crippen MR) is 80.6 cm³/mol. The molecule has 0 amide bonds. The van der Waals surface area contributed by atoms with Crippen molar-refractivity contribution in [3.05, 3.63) is 89.6 Å². The van der Waals surface area contributed by atoms with Gasteiger partial charge in [-0.05, 0) is 28.7 Å². The first kappa shape index (κ1) is 11.8. The van der Waals surface area contributed by atoms with Gasteiger partial charge in [-0.25, -0.2) is 0 Å². The topological polar surface area (TPSA) is 26.0 Å². The summed E-state index contributed by atoms with van der Waals surface area (Å²) in [5, 5.41) is 0. The van der Waals surface area contributed by atoms with E-state index in [0.717, 1.165) is 12.1 Å². The van der Waals surface area contributed by atoms with Crippen LogP contribution in [0, 0.1) is 0 Å². The van der Waals surface area contributed by atoms with E-state index in [1.54, 1.807) is 0 Å². The summed E-state index contributed by atoms with van der Waals surface area (Å²) >= 11 is 0. The van der Waals surface area contributed by atoms with Crippen molar-refractivity contribution in [1.82, 2.24) is 0 Å². The van der Waals surface area contributed by atoms with Gasteiger partial charge < -0.3 is 5.73 Å². The molecule has 0 aromatic heterocycles. The molecule has 1 aliphatic rings. The van der Waals surface area contributed by atoms with Crippen LogP contribution in [-0.2, 0) is 0 Å². The Morgan fingerprint density at radius 3 is 2.42 bits per heavy atom. The van der Waals surface area contributed by atoms with Crippen LogP contribution in [-0.4, -0.2) is 0 Å². The first-order valence-electron chi connectivity index (χ1n) is 6.55. The first-order chi connectivity index (χ1) is 9.25. The Morgan fingerprint density at radius 2 is 1.68 bits per heavy atom. The third kappa shape index (κ3) is 2.19. The van der Waals surface area contributed by atoms with Crippen LogP contribution in [0.15, 0.2) is 72.9 Å². The molecule has 94 valence electrons. The van der Waals surface area contributed by atoms with Gasteiger partial charge in [-0.2, -0.15) is 0 Å². The summed E-state index contributed by atoms with van der Waals surface area (Å²) in [7, 11) is 0. The van der Waals surface area contributed by atoms with E-state index in [1.807, 2.05) is 6.07 Å². The van der Waals surface area contributed by atoms with E-state index in [-0.39, 0.29) is 0 Å². The Morgan fingerprint density at radius 1 is 1.00 bits per heavy atom. The van der Waals surface area contributed by atoms with E-state index in [4.69, 9.17) is 5.73 Å². The van der Waals surface area contributed by atoms with Gasteiger partial charge in [0, 0.05) is 11.6 Å². The molecule has 0 fully saturated rings. The van der Waals surface area contributed by atoms with Gasteiger partial charge in [-0.1, -0.05) is 67.3 Å². The van der Waals surface area contributed by atoms with E-state index in [2.05, 4.69) is 61.2 Å². The second kappa shape index (κ2) is 4.77. The van der Waals surface area contributed by atoms with Crippen molar-refractivity contribution in [1.29, 1.82) is 0 Å². The molecule has 3 rings (SSSR count). The van der Waals surface area contributed by atoms with Gasteiger partial charge >= 0.3 is 0 Å². The predicted octanol–water partition coefficient (Wildman–Crippen LogP) is 4.08. The van der Waals surface area contributed by atoms with Crippen molar-refractivity contribution >= 4 is 5.57 Å². The standard InChI is InChI=1S/C18H17N/c1-13(19)11-15-12-18(14-7-3-2-4-8-14)17-10-6-5-9-16(15)17/h2-10,12,15H,1,11,19H2. The molecule has 0 radical (unpaired) electrons. The van der Waals surface area contributed by atoms with Gasteiger partial charge in [0.15, 0.2) is 0 Å². The lowest BCUT2D eigenvalue weighted by Gasteiger charge is -2.10. The normalized spacial score (nSPS) is 16.8. The van der Waals surface area contributed by atoms with Crippen molar-refractivity contribution in [2.75, 3.05) is 0 Å². The van der Waals surface area contributed by atoms with Crippen LogP contribution >= 0.6 is 0 Å². The minimum absolute atomic E-state index is 0.351. The molecule has 1 nitrogen and oxygen atoms in total. The van der Waals surface area contributed by atoms with Crippen LogP contribution in [0.3, 0.4) is 0 Å². The molecule has 1 aliphatic carbocycles. The van der Waals surface area contributed by atoms with Crippen molar-refractivity contribution < 1.29 is 0 Å². The monoisotopic (exact) mass is 247 g/mol. The molecule has 0 saturated heterocycles. The van der Waals surface area contributed by atoms with E-state index in [9.17, 15) is 0 Å². The van der Waals surface area contributed by atoms with Crippen LogP contribution in [0.2, 0.25) is 0 Å². The maximum atomic E-state index is 5.79. The second-order valence-corrected chi connectivity index (χ2v) is 5.00. The zero-order valence-electron chi connectivity index (χ0n) is 10.8. The number of rotatable bonds is 3. The smallest absolute Gasteiger partial charge is 0.00877 e. The molecule has 1 heteroatoms. The molecule has 1 unspecified atom stereocenters. The lowest BCUT2D eigenvalue weighted by atomic mass is 9.96. The highest BCUT2D eigenvalue weighted by atomic mass is 14.6. The highest BCUT2D eigenvalue weighted by Crippen LogP contribution is 2.41. The fourth-order valence-corrected chi connectivity index (χ4v) is 2.77. The summed E-state index contributed by atoms with van der Waals surface area (Å²) in [6.07, 6.45) is 3.13. The molecule has 0 heterocycles. The number of hydrogen-bond donors (Lipinski definition) is 1. The van der Waals surface area contributed by atoms with Crippen LogP contribution in [0.25, 0.3) is 5.57 Å². The molecular formula is C18H17N. The summed E-state index contributed by atoms with van der Waals surface area (Å²) in [5.74, 6) is 0.351. The Kier molecular flexibility index (Phi) is 2.96. The highest BCUT2D eigenvalue weighted by Gasteiger charge is 2.23. The molecule has 19 heavy (non-hydrogen) atoms. The molecule has 0 saturated carbocycles. The summed E-state index contributed by atoms with van der Waals surface area (Å²) in [6.45, 7) is 3.84. The van der Waals surface area contributed by atoms with Crippen molar-refractivity contribution in [2.45, 2.75) is 12.3 Å². The average Bonchev–Trinajstić information content (AvgIpc) is 2.78. The summed E-state index contributed by atoms with van der Waals surface area (Å²) in [6, 6.07) is 19.1. The zero-order valence-corrected chi connectivity index (χ0v) is 10.8. The number of hydrogen-bond acceptors (Lipinski definition) is 1. The van der Waals surface area contributed by atoms with Crippen molar-refractivity contribution in [3.63, 3.8) is 0 Å². The molecular weight excluding hydrogens is 230 g/mol. The van der Waals surface area contributed by atoms with Gasteiger partial charge in [0.1, 0.15) is 0 Å². The largest absolute Gasteiger partial charge is 0.402 e. The highest BCUT2D eigenvalue weighted by molar-refractivity contribution is 5.85. The number of nitrogens with two attached hydrogens (primary N) is 1. The number of fused-ring (bicyclic) bond motifs is 1. The molecule has 0 bridgehead atoms. The maximum absolute atomic E-state index is 5.79. The Balaban J connectivity index is 2.08. The number of allylic oxidation sites excluding steroid dienone is 2. The minimum atomic E-state index is 0.351. The average molecular weight is 247 g/mol. The lowest BCUT2D eigenvalue weighted by molar-refractivity contribution is 0.832. The fourth-order valence-electron chi connectivity index (χ4n) is 2.77. The Labute approximate surface area is 114 Å². The molecule has 2 aromatic carbocycles. The van der Waals surface area contributed by atoms with Crippen LogP contribution in [0.5, 0.6) is 0 Å². The van der Waals surface area contributed by atoms with Gasteiger partial charge in [0.05, 0.1) is 0 Å². The quantitative estimate of drug-likeness (QED) is 0.869. The van der Waals surface area contributed by atoms with Crippen molar-refractivity contribution in [2.24, 2.45) is 5.73 Å². The van der Waals surface area contributed by atoms with Crippen LogP contribution in [0.4, 0.5) is 0 Å². The van der Waals surface area contributed by atoms with E-state index in [0.29, 0.717) is 5.92 Å². The third-order valence-corrected chi connectivity index (χ3v) is 3.59. The summed E-state index contributed by atoms with van der Waals surface area (Å²) < 4.78 is 0. The third-order valence-electron chi connectivity index (χ3n) is 3.59. The minimum Gasteiger partial charge on any atom is -0.402 e. The number of benzene rings is 2. The first-order valence-corrected chi connectivity index (χ1v) is 6.55. The van der Waals surface area contributed by atoms with E-state index >= 15 is 0 Å². The van der Waals surface area contributed by atoms with Crippen LogP contribution < -0.4 is 5.73 Å². The molecule has 1 atom stereocenters. The Bertz CT molecular complexity index is 638. The summed E-state index contributed by atoms with van der Waals surface area (Å²) in [4.78, 5) is 0. The summed E-state index contributed by atoms with van der Waals surface area (Å²) in [5.41, 5.74) is 11.8. The van der Waals surface area contributed by atoms with Gasteiger partial charge in [-0.3, -0.25) is 0 Å². The SMILES string of the molecule is C=C(N)CC1C=C(c2ccccc2)c2ccccc21. The second-order valence-electron chi connectivity index (χ2n) is 5.00.